The van der Waals surface area contributed by atoms with E-state index in [0.29, 0.717) is 5.76 Å². The van der Waals surface area contributed by atoms with Crippen LogP contribution in [0.15, 0.2) is 35.0 Å². The Morgan fingerprint density at radius 2 is 2.28 bits per heavy atom. The number of aromatic amines is 1. The molecule has 0 fully saturated rings. The molecule has 5 nitrogen and oxygen atoms in total. The normalized spacial score (nSPS) is 10.9. The zero-order valence-corrected chi connectivity index (χ0v) is 9.60. The van der Waals surface area contributed by atoms with Crippen LogP contribution in [0.2, 0.25) is 0 Å². The summed E-state index contributed by atoms with van der Waals surface area (Å²) in [7, 11) is 0. The second kappa shape index (κ2) is 3.73. The molecule has 0 aliphatic carbocycles. The molecule has 3 aromatic rings. The maximum absolute atomic E-state index is 10.7. The highest BCUT2D eigenvalue weighted by molar-refractivity contribution is 5.95. The molecule has 1 aromatic carbocycles. The first-order valence-corrected chi connectivity index (χ1v) is 5.42. The summed E-state index contributed by atoms with van der Waals surface area (Å²) in [5.74, 6) is -1.02. The largest absolute Gasteiger partial charge is 0.474 e. The molecule has 18 heavy (non-hydrogen) atoms. The van der Waals surface area contributed by atoms with E-state index in [4.69, 9.17) is 9.52 Å². The van der Waals surface area contributed by atoms with Gasteiger partial charge in [-0.2, -0.15) is 0 Å². The van der Waals surface area contributed by atoms with Crippen LogP contribution in [0.3, 0.4) is 0 Å². The van der Waals surface area contributed by atoms with E-state index in [1.54, 1.807) is 6.20 Å². The molecule has 0 unspecified atom stereocenters. The highest BCUT2D eigenvalue weighted by atomic mass is 16.4. The number of oxazole rings is 1. The number of fused-ring (bicyclic) bond motifs is 1. The van der Waals surface area contributed by atoms with Gasteiger partial charge < -0.3 is 14.5 Å². The third-order valence-corrected chi connectivity index (χ3v) is 2.79. The van der Waals surface area contributed by atoms with Gasteiger partial charge in [-0.15, -0.1) is 0 Å². The molecule has 0 bridgehead atoms. The summed E-state index contributed by atoms with van der Waals surface area (Å²) < 4.78 is 5.21. The van der Waals surface area contributed by atoms with Crippen molar-refractivity contribution in [3.63, 3.8) is 0 Å². The lowest BCUT2D eigenvalue weighted by molar-refractivity contribution is 0.0654. The van der Waals surface area contributed by atoms with Crippen molar-refractivity contribution in [2.75, 3.05) is 0 Å². The Bertz CT molecular complexity index is 740. The lowest BCUT2D eigenvalue weighted by Gasteiger charge is -1.96. The van der Waals surface area contributed by atoms with Crippen LogP contribution < -0.4 is 0 Å². The van der Waals surface area contributed by atoms with Crippen molar-refractivity contribution in [3.05, 3.63) is 42.0 Å². The van der Waals surface area contributed by atoms with Gasteiger partial charge >= 0.3 is 11.9 Å². The highest BCUT2D eigenvalue weighted by Gasteiger charge is 2.15. The van der Waals surface area contributed by atoms with Gasteiger partial charge in [-0.3, -0.25) is 0 Å². The molecule has 2 N–H and O–H groups in total. The van der Waals surface area contributed by atoms with Crippen LogP contribution >= 0.6 is 0 Å². The number of H-pyrrole nitrogens is 1. The van der Waals surface area contributed by atoms with Crippen molar-refractivity contribution in [2.24, 2.45) is 0 Å². The monoisotopic (exact) mass is 242 g/mol. The smallest absolute Gasteiger partial charge is 0.392 e. The Balaban J connectivity index is 2.18. The summed E-state index contributed by atoms with van der Waals surface area (Å²) in [6.07, 6.45) is 3.21. The lowest BCUT2D eigenvalue weighted by atomic mass is 10.1. The van der Waals surface area contributed by atoms with E-state index < -0.39 is 5.97 Å². The molecule has 0 radical (unpaired) electrons. The standard InChI is InChI=1S/C13H10N2O3/c1-7-2-3-10-8(4-7)9(5-14-10)11-6-15-12(18-11)13(16)17/h2-6,14H,1H3,(H,16,17). The SMILES string of the molecule is Cc1ccc2[nH]cc(-c3cnc(C(=O)O)o3)c2c1. The molecule has 0 aliphatic rings. The topological polar surface area (TPSA) is 79.1 Å². The van der Waals surface area contributed by atoms with E-state index >= 15 is 0 Å². The first-order valence-electron chi connectivity index (χ1n) is 5.42. The zero-order valence-electron chi connectivity index (χ0n) is 9.60. The second-order valence-corrected chi connectivity index (χ2v) is 4.09. The van der Waals surface area contributed by atoms with E-state index in [9.17, 15) is 4.79 Å². The fourth-order valence-electron chi connectivity index (χ4n) is 1.94. The minimum Gasteiger partial charge on any atom is -0.474 e. The molecule has 2 heterocycles. The quantitative estimate of drug-likeness (QED) is 0.724. The maximum atomic E-state index is 10.7. The molecule has 0 atom stereocenters. The van der Waals surface area contributed by atoms with Crippen LogP contribution in [0.1, 0.15) is 16.2 Å². The highest BCUT2D eigenvalue weighted by Crippen LogP contribution is 2.29. The Morgan fingerprint density at radius 3 is 3.00 bits per heavy atom. The first kappa shape index (κ1) is 10.6. The molecule has 0 saturated carbocycles. The van der Waals surface area contributed by atoms with Gasteiger partial charge in [-0.25, -0.2) is 9.78 Å². The number of hydrogen-bond acceptors (Lipinski definition) is 3. The van der Waals surface area contributed by atoms with E-state index in [2.05, 4.69) is 9.97 Å². The zero-order chi connectivity index (χ0) is 12.7. The van der Waals surface area contributed by atoms with Gasteiger partial charge in [0.15, 0.2) is 5.76 Å². The summed E-state index contributed by atoms with van der Waals surface area (Å²) in [5, 5.41) is 9.78. The minimum atomic E-state index is -1.17. The maximum Gasteiger partial charge on any atom is 0.392 e. The Morgan fingerprint density at radius 1 is 1.44 bits per heavy atom. The van der Waals surface area contributed by atoms with Gasteiger partial charge in [-0.1, -0.05) is 11.6 Å². The van der Waals surface area contributed by atoms with Crippen LogP contribution in [-0.2, 0) is 0 Å². The summed E-state index contributed by atoms with van der Waals surface area (Å²) in [4.78, 5) is 17.6. The number of aromatic nitrogens is 2. The minimum absolute atomic E-state index is 0.299. The molecule has 0 amide bonds. The fourth-order valence-corrected chi connectivity index (χ4v) is 1.94. The number of rotatable bonds is 2. The average molecular weight is 242 g/mol. The molecular formula is C13H10N2O3. The number of aryl methyl sites for hydroxylation is 1. The number of benzene rings is 1. The van der Waals surface area contributed by atoms with Gasteiger partial charge in [0.05, 0.1) is 6.20 Å². The van der Waals surface area contributed by atoms with Crippen LogP contribution in [0, 0.1) is 6.92 Å². The first-order chi connectivity index (χ1) is 8.65. The predicted octanol–water partition coefficient (Wildman–Crippen LogP) is 2.83. The summed E-state index contributed by atoms with van der Waals surface area (Å²) in [6.45, 7) is 2.00. The average Bonchev–Trinajstić information content (AvgIpc) is 2.93. The Kier molecular flexibility index (Phi) is 2.19. The fraction of sp³-hybridized carbons (Fsp3) is 0.0769. The third kappa shape index (κ3) is 1.57. The number of nitrogens with one attached hydrogen (secondary N) is 1. The molecule has 5 heteroatoms. The van der Waals surface area contributed by atoms with Gasteiger partial charge in [0, 0.05) is 22.7 Å². The molecule has 2 aromatic heterocycles. The van der Waals surface area contributed by atoms with Crippen molar-refractivity contribution in [2.45, 2.75) is 6.92 Å². The van der Waals surface area contributed by atoms with Crippen molar-refractivity contribution >= 4 is 16.9 Å². The lowest BCUT2D eigenvalue weighted by Crippen LogP contribution is -1.94. The number of nitrogens with zero attached hydrogens (tertiary/aromatic N) is 1. The molecular weight excluding hydrogens is 232 g/mol. The van der Waals surface area contributed by atoms with Crippen LogP contribution in [0.25, 0.3) is 22.2 Å². The van der Waals surface area contributed by atoms with Crippen molar-refractivity contribution < 1.29 is 14.3 Å². The van der Waals surface area contributed by atoms with Crippen LogP contribution in [-0.4, -0.2) is 21.0 Å². The molecule has 0 spiro atoms. The number of hydrogen-bond donors (Lipinski definition) is 2. The van der Waals surface area contributed by atoms with E-state index in [1.807, 2.05) is 25.1 Å². The van der Waals surface area contributed by atoms with Crippen molar-refractivity contribution in [3.8, 4) is 11.3 Å². The van der Waals surface area contributed by atoms with Crippen LogP contribution in [0.5, 0.6) is 0 Å². The molecule has 3 rings (SSSR count). The van der Waals surface area contributed by atoms with Gasteiger partial charge in [0.2, 0.25) is 0 Å². The summed E-state index contributed by atoms with van der Waals surface area (Å²) >= 11 is 0. The number of aromatic carboxylic acids is 1. The molecule has 0 saturated heterocycles. The van der Waals surface area contributed by atoms with Gasteiger partial charge in [0.1, 0.15) is 0 Å². The van der Waals surface area contributed by atoms with E-state index in [1.165, 1.54) is 6.20 Å². The number of carboxylic acids is 1. The molecule has 0 aliphatic heterocycles. The second-order valence-electron chi connectivity index (χ2n) is 4.09. The van der Waals surface area contributed by atoms with Gasteiger partial charge in [0.25, 0.3) is 0 Å². The van der Waals surface area contributed by atoms with Crippen LogP contribution in [0.4, 0.5) is 0 Å². The van der Waals surface area contributed by atoms with Gasteiger partial charge in [-0.05, 0) is 19.1 Å². The summed E-state index contributed by atoms with van der Waals surface area (Å²) in [6, 6.07) is 6.00. The number of carboxylic acid groups (broad SMARTS) is 1. The molecule has 90 valence electrons. The Labute approximate surface area is 102 Å². The van der Waals surface area contributed by atoms with E-state index in [0.717, 1.165) is 22.0 Å². The summed E-state index contributed by atoms with van der Waals surface area (Å²) in [5.41, 5.74) is 2.92. The van der Waals surface area contributed by atoms with E-state index in [-0.39, 0.29) is 5.89 Å². The third-order valence-electron chi connectivity index (χ3n) is 2.79. The number of carbonyl (C=O) groups is 1. The van der Waals surface area contributed by atoms with Crippen molar-refractivity contribution in [1.82, 2.24) is 9.97 Å². The Hall–Kier alpha value is -2.56. The van der Waals surface area contributed by atoms with Crippen molar-refractivity contribution in [1.29, 1.82) is 0 Å². The predicted molar refractivity (Wildman–Crippen MR) is 65.5 cm³/mol.